The number of nitrogens with zero attached hydrogens (tertiary/aromatic N) is 3. The van der Waals surface area contributed by atoms with Gasteiger partial charge in [-0.1, -0.05) is 66.2 Å². The second kappa shape index (κ2) is 9.93. The summed E-state index contributed by atoms with van der Waals surface area (Å²) >= 11 is 6.15. The zero-order chi connectivity index (χ0) is 24.4. The number of aryl methyl sites for hydroxylation is 6. The van der Waals surface area contributed by atoms with E-state index >= 15 is 0 Å². The van der Waals surface area contributed by atoms with Crippen LogP contribution in [0.4, 0.5) is 0 Å². The smallest absolute Gasteiger partial charge is 0.146 e. The Hall–Kier alpha value is -3.63. The van der Waals surface area contributed by atoms with Gasteiger partial charge in [0.05, 0.1) is 0 Å². The van der Waals surface area contributed by atoms with E-state index in [1.165, 1.54) is 27.1 Å². The predicted molar refractivity (Wildman–Crippen MR) is 143 cm³/mol. The molecule has 0 fully saturated rings. The van der Waals surface area contributed by atoms with Crippen molar-refractivity contribution in [1.82, 2.24) is 15.0 Å². The van der Waals surface area contributed by atoms with Crippen LogP contribution < -0.4 is 0 Å². The summed E-state index contributed by atoms with van der Waals surface area (Å²) in [6.45, 7) is 4.28. The third-order valence-electron chi connectivity index (χ3n) is 6.66. The highest BCUT2D eigenvalue weighted by Crippen LogP contribution is 2.30. The Morgan fingerprint density at radius 1 is 0.686 bits per heavy atom. The lowest BCUT2D eigenvalue weighted by atomic mass is 9.95. The van der Waals surface area contributed by atoms with Gasteiger partial charge in [-0.3, -0.25) is 0 Å². The van der Waals surface area contributed by atoms with Crippen LogP contribution in [0.2, 0.25) is 5.02 Å². The Bertz CT molecular complexity index is 1510. The van der Waals surface area contributed by atoms with Crippen LogP contribution in [0.5, 0.6) is 5.75 Å². The van der Waals surface area contributed by atoms with E-state index in [1.54, 1.807) is 12.1 Å². The van der Waals surface area contributed by atoms with E-state index in [4.69, 9.17) is 11.6 Å². The van der Waals surface area contributed by atoms with E-state index in [0.717, 1.165) is 42.3 Å². The lowest BCUT2D eigenvalue weighted by Crippen LogP contribution is -2.05. The van der Waals surface area contributed by atoms with Crippen LogP contribution in [0.25, 0.3) is 16.7 Å². The third kappa shape index (κ3) is 5.08. The topological polar surface area (TPSA) is 50.9 Å². The monoisotopic (exact) mass is 481 g/mol. The van der Waals surface area contributed by atoms with Crippen molar-refractivity contribution in [2.24, 2.45) is 0 Å². The maximum absolute atomic E-state index is 11.3. The summed E-state index contributed by atoms with van der Waals surface area (Å²) in [5.74, 6) is 0.227. The van der Waals surface area contributed by atoms with Crippen molar-refractivity contribution in [1.29, 1.82) is 0 Å². The molecule has 0 amide bonds. The molecule has 0 aliphatic heterocycles. The van der Waals surface area contributed by atoms with Crippen molar-refractivity contribution in [3.63, 3.8) is 0 Å². The molecule has 4 nitrogen and oxygen atoms in total. The second-order valence-electron chi connectivity index (χ2n) is 9.10. The van der Waals surface area contributed by atoms with Crippen LogP contribution in [0.1, 0.15) is 33.4 Å². The second-order valence-corrected chi connectivity index (χ2v) is 9.53. The highest BCUT2D eigenvalue weighted by Gasteiger charge is 2.16. The molecule has 5 heteroatoms. The fraction of sp³-hybridized carbons (Fsp3) is 0.200. The number of halogens is 1. The van der Waals surface area contributed by atoms with Crippen LogP contribution in [-0.2, 0) is 25.7 Å². The van der Waals surface area contributed by atoms with Crippen LogP contribution in [0.15, 0.2) is 78.9 Å². The van der Waals surface area contributed by atoms with Crippen molar-refractivity contribution in [2.45, 2.75) is 39.5 Å². The molecule has 0 saturated carbocycles. The van der Waals surface area contributed by atoms with Gasteiger partial charge in [-0.05, 0) is 97.2 Å². The maximum Gasteiger partial charge on any atom is 0.146 e. The predicted octanol–water partition coefficient (Wildman–Crippen LogP) is 6.97. The molecule has 0 saturated heterocycles. The molecule has 1 heterocycles. The van der Waals surface area contributed by atoms with E-state index in [0.29, 0.717) is 16.2 Å². The van der Waals surface area contributed by atoms with Gasteiger partial charge in [0.2, 0.25) is 0 Å². The number of fused-ring (bicyclic) bond motifs is 1. The van der Waals surface area contributed by atoms with Gasteiger partial charge in [0.25, 0.3) is 0 Å². The zero-order valence-electron chi connectivity index (χ0n) is 20.0. The molecule has 0 radical (unpaired) electrons. The molecule has 5 rings (SSSR count). The quantitative estimate of drug-likeness (QED) is 0.273. The summed E-state index contributed by atoms with van der Waals surface area (Å²) in [4.78, 5) is 1.53. The Morgan fingerprint density at radius 3 is 1.97 bits per heavy atom. The average molecular weight is 482 g/mol. The minimum atomic E-state index is 0.227. The third-order valence-corrected chi connectivity index (χ3v) is 6.89. The van der Waals surface area contributed by atoms with E-state index in [9.17, 15) is 5.11 Å². The van der Waals surface area contributed by atoms with Gasteiger partial charge in [-0.2, -0.15) is 0 Å². The Morgan fingerprint density at radius 2 is 1.29 bits per heavy atom. The molecule has 5 aromatic rings. The van der Waals surface area contributed by atoms with Crippen molar-refractivity contribution >= 4 is 22.6 Å². The fourth-order valence-electron chi connectivity index (χ4n) is 4.55. The zero-order valence-corrected chi connectivity index (χ0v) is 20.8. The molecule has 0 aliphatic rings. The molecule has 1 aromatic heterocycles. The molecule has 4 aromatic carbocycles. The van der Waals surface area contributed by atoms with E-state index in [2.05, 4.69) is 78.6 Å². The number of rotatable bonds is 7. The molecular weight excluding hydrogens is 454 g/mol. The van der Waals surface area contributed by atoms with Gasteiger partial charge >= 0.3 is 0 Å². The lowest BCUT2D eigenvalue weighted by Gasteiger charge is -2.14. The summed E-state index contributed by atoms with van der Waals surface area (Å²) in [5.41, 5.74) is 9.27. The van der Waals surface area contributed by atoms with E-state index < -0.39 is 0 Å². The number of hydrogen-bond acceptors (Lipinski definition) is 3. The van der Waals surface area contributed by atoms with Gasteiger partial charge in [0.15, 0.2) is 0 Å². The summed E-state index contributed by atoms with van der Waals surface area (Å²) in [5, 5.41) is 21.1. The molecule has 0 spiro atoms. The molecule has 0 atom stereocenters. The number of phenolic OH excluding ortho intramolecular Hbond substituents is 1. The number of phenols is 1. The van der Waals surface area contributed by atoms with Crippen molar-refractivity contribution in [3.05, 3.63) is 117 Å². The highest BCUT2D eigenvalue weighted by molar-refractivity contribution is 6.31. The van der Waals surface area contributed by atoms with E-state index in [-0.39, 0.29) is 5.75 Å². The summed E-state index contributed by atoms with van der Waals surface area (Å²) in [7, 11) is 0. The first-order valence-electron chi connectivity index (χ1n) is 11.9. The Kier molecular flexibility index (Phi) is 6.56. The van der Waals surface area contributed by atoms with Gasteiger partial charge in [-0.25, -0.2) is 0 Å². The maximum atomic E-state index is 11.3. The number of hydrogen-bond donors (Lipinski definition) is 1. The van der Waals surface area contributed by atoms with Crippen LogP contribution in [0, 0.1) is 13.8 Å². The van der Waals surface area contributed by atoms with Gasteiger partial charge in [0.1, 0.15) is 22.5 Å². The molecule has 35 heavy (non-hydrogen) atoms. The summed E-state index contributed by atoms with van der Waals surface area (Å²) in [6, 6.07) is 26.5. The Labute approximate surface area is 210 Å². The average Bonchev–Trinajstić information content (AvgIpc) is 3.27. The summed E-state index contributed by atoms with van der Waals surface area (Å²) < 4.78 is 0. The first-order valence-corrected chi connectivity index (χ1v) is 12.3. The van der Waals surface area contributed by atoms with Crippen LogP contribution in [0.3, 0.4) is 0 Å². The molecule has 0 unspecified atom stereocenters. The minimum absolute atomic E-state index is 0.227. The first-order chi connectivity index (χ1) is 17.0. The first kappa shape index (κ1) is 23.1. The SMILES string of the molecule is Cc1ccccc1CCc1cc(CCc2ccccc2C)c(O)c(-n2nc3ccc(Cl)cc3n2)c1. The van der Waals surface area contributed by atoms with Gasteiger partial charge in [0, 0.05) is 5.02 Å². The summed E-state index contributed by atoms with van der Waals surface area (Å²) in [6.07, 6.45) is 3.37. The molecule has 0 aliphatic carbocycles. The molecular formula is C30H28ClN3O. The standard InChI is InChI=1S/C30H28ClN3O/c1-20-7-3-5-9-23(20)12-11-22-17-25(14-13-24-10-6-4-8-21(24)2)30(35)29(18-22)34-32-27-16-15-26(31)19-28(27)33-34/h3-10,15-19,35H,11-14H2,1-2H3. The minimum Gasteiger partial charge on any atom is -0.505 e. The fourth-order valence-corrected chi connectivity index (χ4v) is 4.72. The van der Waals surface area contributed by atoms with Gasteiger partial charge < -0.3 is 5.11 Å². The molecule has 1 N–H and O–H groups in total. The number of benzene rings is 4. The van der Waals surface area contributed by atoms with Crippen molar-refractivity contribution in [2.75, 3.05) is 0 Å². The highest BCUT2D eigenvalue weighted by atomic mass is 35.5. The van der Waals surface area contributed by atoms with Crippen molar-refractivity contribution in [3.8, 4) is 11.4 Å². The largest absolute Gasteiger partial charge is 0.505 e. The lowest BCUT2D eigenvalue weighted by molar-refractivity contribution is 0.460. The number of aromatic hydroxyl groups is 1. The van der Waals surface area contributed by atoms with E-state index in [1.807, 2.05) is 12.1 Å². The van der Waals surface area contributed by atoms with Crippen LogP contribution in [-0.4, -0.2) is 20.1 Å². The number of aromatic nitrogens is 3. The van der Waals surface area contributed by atoms with Crippen molar-refractivity contribution < 1.29 is 5.11 Å². The molecule has 0 bridgehead atoms. The normalized spacial score (nSPS) is 11.3. The molecule has 176 valence electrons. The Balaban J connectivity index is 1.52. The van der Waals surface area contributed by atoms with Crippen LogP contribution >= 0.6 is 11.6 Å². The van der Waals surface area contributed by atoms with Gasteiger partial charge in [-0.15, -0.1) is 15.0 Å².